The quantitative estimate of drug-likeness (QED) is 0.375. The van der Waals surface area contributed by atoms with E-state index in [0.717, 1.165) is 0 Å². The number of esters is 1. The third kappa shape index (κ3) is 5.55. The van der Waals surface area contributed by atoms with Crippen molar-refractivity contribution in [2.45, 2.75) is 19.9 Å². The molecular formula is C28H27FN4O4. The second kappa shape index (κ2) is 11.1. The number of aromatic nitrogens is 2. The lowest BCUT2D eigenvalue weighted by Crippen LogP contribution is -2.55. The SMILES string of the molecule is C=CCOC(=O)c1c(C)nc(-c2ccccc2)nc1C(=O)N1CCN(C(=O)c2cccc(F)c2)C(C)C1. The number of benzene rings is 2. The summed E-state index contributed by atoms with van der Waals surface area (Å²) in [5.74, 6) is -1.66. The maximum absolute atomic E-state index is 13.7. The van der Waals surface area contributed by atoms with E-state index in [1.807, 2.05) is 37.3 Å². The number of nitrogens with zero attached hydrogens (tertiary/aromatic N) is 4. The summed E-state index contributed by atoms with van der Waals surface area (Å²) < 4.78 is 18.9. The summed E-state index contributed by atoms with van der Waals surface area (Å²) >= 11 is 0. The minimum Gasteiger partial charge on any atom is -0.458 e. The van der Waals surface area contributed by atoms with Gasteiger partial charge < -0.3 is 14.5 Å². The number of halogens is 1. The van der Waals surface area contributed by atoms with Crippen molar-refractivity contribution in [2.75, 3.05) is 26.2 Å². The molecule has 1 aromatic heterocycles. The summed E-state index contributed by atoms with van der Waals surface area (Å²) in [6.45, 7) is 7.65. The van der Waals surface area contributed by atoms with E-state index in [9.17, 15) is 18.8 Å². The van der Waals surface area contributed by atoms with Crippen LogP contribution in [0.4, 0.5) is 4.39 Å². The van der Waals surface area contributed by atoms with E-state index in [2.05, 4.69) is 16.5 Å². The predicted molar refractivity (Wildman–Crippen MR) is 135 cm³/mol. The molecule has 2 heterocycles. The number of carbonyl (C=O) groups is 3. The van der Waals surface area contributed by atoms with Gasteiger partial charge in [0.25, 0.3) is 11.8 Å². The van der Waals surface area contributed by atoms with Gasteiger partial charge in [0, 0.05) is 36.8 Å². The largest absolute Gasteiger partial charge is 0.458 e. The molecule has 9 heteroatoms. The first kappa shape index (κ1) is 25.7. The summed E-state index contributed by atoms with van der Waals surface area (Å²) in [7, 11) is 0. The highest BCUT2D eigenvalue weighted by Crippen LogP contribution is 2.23. The molecule has 0 N–H and O–H groups in total. The van der Waals surface area contributed by atoms with Crippen molar-refractivity contribution in [3.63, 3.8) is 0 Å². The smallest absolute Gasteiger partial charge is 0.342 e. The zero-order valence-corrected chi connectivity index (χ0v) is 20.7. The average molecular weight is 503 g/mol. The minimum absolute atomic E-state index is 0.00236. The molecule has 1 unspecified atom stereocenters. The molecule has 2 amide bonds. The number of hydrogen-bond donors (Lipinski definition) is 0. The zero-order valence-electron chi connectivity index (χ0n) is 20.7. The van der Waals surface area contributed by atoms with Crippen LogP contribution in [0.3, 0.4) is 0 Å². The van der Waals surface area contributed by atoms with Gasteiger partial charge >= 0.3 is 5.97 Å². The minimum atomic E-state index is -0.715. The second-order valence-corrected chi connectivity index (χ2v) is 8.72. The molecular weight excluding hydrogens is 475 g/mol. The fraction of sp³-hybridized carbons (Fsp3) is 0.250. The first-order valence-electron chi connectivity index (χ1n) is 11.9. The summed E-state index contributed by atoms with van der Waals surface area (Å²) in [4.78, 5) is 51.7. The maximum atomic E-state index is 13.7. The molecule has 4 rings (SSSR count). The van der Waals surface area contributed by atoms with Crippen LogP contribution in [0.1, 0.15) is 43.8 Å². The van der Waals surface area contributed by atoms with Gasteiger partial charge in [-0.3, -0.25) is 9.59 Å². The highest BCUT2D eigenvalue weighted by atomic mass is 19.1. The Morgan fingerprint density at radius 3 is 2.51 bits per heavy atom. The Bertz CT molecular complexity index is 1350. The van der Waals surface area contributed by atoms with Crippen LogP contribution in [0.15, 0.2) is 67.3 Å². The highest BCUT2D eigenvalue weighted by Gasteiger charge is 2.34. The Kier molecular flexibility index (Phi) is 7.71. The lowest BCUT2D eigenvalue weighted by atomic mass is 10.1. The Morgan fingerprint density at radius 1 is 1.08 bits per heavy atom. The average Bonchev–Trinajstić information content (AvgIpc) is 2.91. The van der Waals surface area contributed by atoms with Crippen LogP contribution in [-0.4, -0.2) is 69.8 Å². The van der Waals surface area contributed by atoms with E-state index in [1.165, 1.54) is 24.3 Å². The number of piperazine rings is 1. The number of rotatable bonds is 6. The first-order valence-corrected chi connectivity index (χ1v) is 11.9. The monoisotopic (exact) mass is 502 g/mol. The fourth-order valence-electron chi connectivity index (χ4n) is 4.28. The van der Waals surface area contributed by atoms with Gasteiger partial charge in [-0.05, 0) is 32.0 Å². The third-order valence-electron chi connectivity index (χ3n) is 6.11. The van der Waals surface area contributed by atoms with Crippen LogP contribution >= 0.6 is 0 Å². The molecule has 190 valence electrons. The van der Waals surface area contributed by atoms with Gasteiger partial charge in [0.05, 0.1) is 5.69 Å². The molecule has 0 aliphatic carbocycles. The normalized spacial score (nSPS) is 15.3. The van der Waals surface area contributed by atoms with Gasteiger partial charge in [-0.15, -0.1) is 0 Å². The Labute approximate surface area is 214 Å². The van der Waals surface area contributed by atoms with Crippen LogP contribution in [0.25, 0.3) is 11.4 Å². The van der Waals surface area contributed by atoms with E-state index < -0.39 is 17.7 Å². The molecule has 0 bridgehead atoms. The van der Waals surface area contributed by atoms with E-state index in [1.54, 1.807) is 22.8 Å². The van der Waals surface area contributed by atoms with Gasteiger partial charge in [0.15, 0.2) is 5.82 Å². The van der Waals surface area contributed by atoms with Crippen molar-refractivity contribution >= 4 is 17.8 Å². The Balaban J connectivity index is 1.63. The number of carbonyl (C=O) groups excluding carboxylic acids is 3. The van der Waals surface area contributed by atoms with Crippen LogP contribution in [0.2, 0.25) is 0 Å². The number of amides is 2. The molecule has 1 atom stereocenters. The number of ether oxygens (including phenoxy) is 1. The van der Waals surface area contributed by atoms with Crippen molar-refractivity contribution < 1.29 is 23.5 Å². The summed E-state index contributed by atoms with van der Waals surface area (Å²) in [6.07, 6.45) is 1.43. The molecule has 3 aromatic rings. The molecule has 2 aromatic carbocycles. The Hall–Kier alpha value is -4.40. The van der Waals surface area contributed by atoms with Gasteiger partial charge in [-0.25, -0.2) is 19.2 Å². The van der Waals surface area contributed by atoms with E-state index in [0.29, 0.717) is 17.1 Å². The van der Waals surface area contributed by atoms with E-state index >= 15 is 0 Å². The fourth-order valence-corrected chi connectivity index (χ4v) is 4.28. The Morgan fingerprint density at radius 2 is 1.84 bits per heavy atom. The lowest BCUT2D eigenvalue weighted by molar-refractivity contribution is 0.0406. The van der Waals surface area contributed by atoms with Crippen LogP contribution in [0, 0.1) is 12.7 Å². The topological polar surface area (TPSA) is 92.7 Å². The molecule has 1 aliphatic heterocycles. The van der Waals surface area contributed by atoms with Gasteiger partial charge in [-0.2, -0.15) is 0 Å². The van der Waals surface area contributed by atoms with Crippen molar-refractivity contribution in [2.24, 2.45) is 0 Å². The van der Waals surface area contributed by atoms with Crippen LogP contribution < -0.4 is 0 Å². The van der Waals surface area contributed by atoms with Gasteiger partial charge in [0.2, 0.25) is 0 Å². The van der Waals surface area contributed by atoms with Gasteiger partial charge in [0.1, 0.15) is 23.7 Å². The van der Waals surface area contributed by atoms with Crippen molar-refractivity contribution in [1.82, 2.24) is 19.8 Å². The zero-order chi connectivity index (χ0) is 26.5. The molecule has 1 fully saturated rings. The molecule has 37 heavy (non-hydrogen) atoms. The molecule has 0 spiro atoms. The molecule has 0 saturated carbocycles. The molecule has 1 aliphatic rings. The van der Waals surface area contributed by atoms with Crippen molar-refractivity contribution in [3.05, 3.63) is 95.6 Å². The summed E-state index contributed by atoms with van der Waals surface area (Å²) in [6, 6.07) is 14.3. The molecule has 0 radical (unpaired) electrons. The van der Waals surface area contributed by atoms with Gasteiger partial charge in [-0.1, -0.05) is 49.1 Å². The maximum Gasteiger partial charge on any atom is 0.342 e. The van der Waals surface area contributed by atoms with E-state index in [4.69, 9.17) is 4.74 Å². The van der Waals surface area contributed by atoms with E-state index in [-0.39, 0.29) is 55.0 Å². The molecule has 8 nitrogen and oxygen atoms in total. The van der Waals surface area contributed by atoms with Crippen LogP contribution in [-0.2, 0) is 4.74 Å². The van der Waals surface area contributed by atoms with Crippen molar-refractivity contribution in [1.29, 1.82) is 0 Å². The lowest BCUT2D eigenvalue weighted by Gasteiger charge is -2.40. The van der Waals surface area contributed by atoms with Crippen LogP contribution in [0.5, 0.6) is 0 Å². The molecule has 1 saturated heterocycles. The predicted octanol–water partition coefficient (Wildman–Crippen LogP) is 3.92. The summed E-state index contributed by atoms with van der Waals surface area (Å²) in [5.41, 5.74) is 1.21. The van der Waals surface area contributed by atoms with Crippen molar-refractivity contribution in [3.8, 4) is 11.4 Å². The number of aryl methyl sites for hydroxylation is 1. The standard InChI is InChI=1S/C28H27FN4O4/c1-4-15-37-28(36)23-19(3)30-25(20-9-6-5-7-10-20)31-24(23)27(35)32-13-14-33(18(2)17-32)26(34)21-11-8-12-22(29)16-21/h4-12,16,18H,1,13-15,17H2,2-3H3. The third-order valence-corrected chi connectivity index (χ3v) is 6.11. The second-order valence-electron chi connectivity index (χ2n) is 8.72. The number of hydrogen-bond acceptors (Lipinski definition) is 6. The highest BCUT2D eigenvalue weighted by molar-refractivity contribution is 6.05. The first-order chi connectivity index (χ1) is 17.8. The summed E-state index contributed by atoms with van der Waals surface area (Å²) in [5, 5.41) is 0.